The Kier molecular flexibility index (Phi) is 5.01. The quantitative estimate of drug-likeness (QED) is 0.358. The number of aliphatic hydroxyl groups is 2. The van der Waals surface area contributed by atoms with Gasteiger partial charge in [-0.3, -0.25) is 0 Å². The van der Waals surface area contributed by atoms with Crippen LogP contribution in [-0.2, 0) is 11.2 Å². The van der Waals surface area contributed by atoms with E-state index in [9.17, 15) is 10.2 Å². The molecule has 2 aliphatic rings. The van der Waals surface area contributed by atoms with Gasteiger partial charge in [0.2, 0.25) is 0 Å². The Hall–Kier alpha value is -3.47. The summed E-state index contributed by atoms with van der Waals surface area (Å²) in [7, 11) is 0. The zero-order valence-electron chi connectivity index (χ0n) is 18.6. The summed E-state index contributed by atoms with van der Waals surface area (Å²) in [5.74, 6) is 1.88. The maximum absolute atomic E-state index is 10.7. The van der Waals surface area contributed by atoms with Crippen LogP contribution in [0.2, 0.25) is 0 Å². The van der Waals surface area contributed by atoms with Crippen LogP contribution in [0.15, 0.2) is 42.9 Å². The highest BCUT2D eigenvalue weighted by molar-refractivity contribution is 5.86. The van der Waals surface area contributed by atoms with Crippen LogP contribution < -0.4 is 15.8 Å². The number of ether oxygens (including phenoxy) is 2. The number of hydrogen-bond acceptors (Lipinski definition) is 9. The number of nitrogen functional groups attached to an aromatic ring is 1. The van der Waals surface area contributed by atoms with Gasteiger partial charge in [0, 0.05) is 11.6 Å². The fourth-order valence-electron chi connectivity index (χ4n) is 4.77. The van der Waals surface area contributed by atoms with Gasteiger partial charge in [0.05, 0.1) is 23.6 Å². The van der Waals surface area contributed by atoms with Crippen LogP contribution in [0.1, 0.15) is 25.1 Å². The third-order valence-electron chi connectivity index (χ3n) is 6.60. The van der Waals surface area contributed by atoms with Crippen molar-refractivity contribution in [3.8, 4) is 5.75 Å². The van der Waals surface area contributed by atoms with Gasteiger partial charge in [-0.05, 0) is 43.5 Å². The number of rotatable bonds is 4. The van der Waals surface area contributed by atoms with Crippen LogP contribution in [-0.4, -0.2) is 60.7 Å². The molecule has 4 aromatic rings. The summed E-state index contributed by atoms with van der Waals surface area (Å²) in [6, 6.07) is 9.91. The molecule has 1 saturated heterocycles. The third-order valence-corrected chi connectivity index (χ3v) is 6.60. The molecule has 0 unspecified atom stereocenters. The lowest BCUT2D eigenvalue weighted by Crippen LogP contribution is -2.31. The van der Waals surface area contributed by atoms with Crippen LogP contribution in [0.5, 0.6) is 5.75 Å². The Balaban J connectivity index is 1.19. The Bertz CT molecular complexity index is 1370. The molecule has 5 atom stereocenters. The second-order valence-corrected chi connectivity index (χ2v) is 8.98. The lowest BCUT2D eigenvalue weighted by Gasteiger charge is -2.24. The normalized spacial score (nSPS) is 26.4. The monoisotopic (exact) mass is 462 g/mol. The summed E-state index contributed by atoms with van der Waals surface area (Å²) in [5.41, 5.74) is 8.43. The fourth-order valence-corrected chi connectivity index (χ4v) is 4.77. The Morgan fingerprint density at radius 3 is 2.94 bits per heavy atom. The molecule has 3 aromatic heterocycles. The van der Waals surface area contributed by atoms with E-state index in [0.717, 1.165) is 34.6 Å². The fraction of sp³-hybridized carbons (Fsp3) is 0.375. The van der Waals surface area contributed by atoms with Gasteiger partial charge < -0.3 is 35.3 Å². The van der Waals surface area contributed by atoms with Crippen molar-refractivity contribution >= 4 is 33.6 Å². The molecule has 0 aliphatic carbocycles. The van der Waals surface area contributed by atoms with E-state index >= 15 is 0 Å². The molecular formula is C24H26N6O4. The zero-order valence-corrected chi connectivity index (χ0v) is 18.6. The smallest absolute Gasteiger partial charge is 0.169 e. The highest BCUT2D eigenvalue weighted by Gasteiger charge is 2.43. The van der Waals surface area contributed by atoms with E-state index in [2.05, 4.69) is 15.3 Å². The molecule has 34 heavy (non-hydrogen) atoms. The van der Waals surface area contributed by atoms with Crippen LogP contribution in [0.25, 0.3) is 21.9 Å². The summed E-state index contributed by atoms with van der Waals surface area (Å²) >= 11 is 0. The second kappa shape index (κ2) is 8.08. The van der Waals surface area contributed by atoms with E-state index in [0.29, 0.717) is 29.7 Å². The van der Waals surface area contributed by atoms with Crippen LogP contribution in [0, 0.1) is 0 Å². The van der Waals surface area contributed by atoms with Crippen molar-refractivity contribution < 1.29 is 19.7 Å². The first-order chi connectivity index (χ1) is 16.5. The van der Waals surface area contributed by atoms with E-state index < -0.39 is 24.5 Å². The Morgan fingerprint density at radius 1 is 1.18 bits per heavy atom. The first kappa shape index (κ1) is 21.1. The van der Waals surface area contributed by atoms with Crippen molar-refractivity contribution in [1.29, 1.82) is 0 Å². The van der Waals surface area contributed by atoms with Gasteiger partial charge in [0.1, 0.15) is 36.1 Å². The molecule has 176 valence electrons. The molecule has 0 radical (unpaired) electrons. The molecule has 6 rings (SSSR count). The zero-order chi connectivity index (χ0) is 23.4. The van der Waals surface area contributed by atoms with Crippen molar-refractivity contribution in [1.82, 2.24) is 19.5 Å². The largest absolute Gasteiger partial charge is 0.485 e. The first-order valence-corrected chi connectivity index (χ1v) is 11.4. The molecule has 0 spiro atoms. The predicted octanol–water partition coefficient (Wildman–Crippen LogP) is 2.01. The SMILES string of the molecule is C[C@H]1CNc2nc3cc(CC[C@H]4O[C@@H](n5ccc6c(N)ncnc65)[C@H](O)[C@@H]4O)ccc3cc2O1. The average Bonchev–Trinajstić information content (AvgIpc) is 3.38. The summed E-state index contributed by atoms with van der Waals surface area (Å²) in [6.07, 6.45) is 1.04. The van der Waals surface area contributed by atoms with Crippen molar-refractivity contribution in [3.05, 3.63) is 48.4 Å². The van der Waals surface area contributed by atoms with Crippen molar-refractivity contribution in [2.75, 3.05) is 17.6 Å². The number of fused-ring (bicyclic) bond motifs is 3. The number of aromatic nitrogens is 4. The highest BCUT2D eigenvalue weighted by Crippen LogP contribution is 2.35. The van der Waals surface area contributed by atoms with Crippen molar-refractivity contribution in [2.24, 2.45) is 0 Å². The number of benzene rings is 1. The second-order valence-electron chi connectivity index (χ2n) is 8.98. The summed E-state index contributed by atoms with van der Waals surface area (Å²) in [4.78, 5) is 13.0. The Labute approximate surface area is 195 Å². The number of pyridine rings is 1. The van der Waals surface area contributed by atoms with Gasteiger partial charge in [-0.15, -0.1) is 0 Å². The molecular weight excluding hydrogens is 436 g/mol. The number of nitrogens with one attached hydrogen (secondary N) is 1. The minimum Gasteiger partial charge on any atom is -0.485 e. The maximum Gasteiger partial charge on any atom is 0.169 e. The molecule has 0 bridgehead atoms. The summed E-state index contributed by atoms with van der Waals surface area (Å²) in [5, 5.41) is 26.4. The topological polar surface area (TPSA) is 141 Å². The molecule has 10 heteroatoms. The number of anilines is 2. The van der Waals surface area contributed by atoms with Gasteiger partial charge >= 0.3 is 0 Å². The van der Waals surface area contributed by atoms with E-state index in [-0.39, 0.29) is 6.10 Å². The van der Waals surface area contributed by atoms with Crippen LogP contribution in [0.4, 0.5) is 11.6 Å². The molecule has 0 saturated carbocycles. The van der Waals surface area contributed by atoms with Crippen LogP contribution in [0.3, 0.4) is 0 Å². The molecule has 5 heterocycles. The Morgan fingerprint density at radius 2 is 2.06 bits per heavy atom. The van der Waals surface area contributed by atoms with E-state index in [1.807, 2.05) is 31.2 Å². The number of nitrogens with zero attached hydrogens (tertiary/aromatic N) is 4. The van der Waals surface area contributed by atoms with Gasteiger partial charge in [-0.2, -0.15) is 0 Å². The standard InChI is InChI=1S/C24H26N6O4/c1-12-10-26-22-18(33-12)9-14-4-2-13(8-16(14)29-22)3-5-17-19(31)20(32)24(34-17)30-7-6-15-21(25)27-11-28-23(15)30/h2,4,6-9,11-12,17,19-20,24,31-32H,3,5,10H2,1H3,(H,26,29)(H2,25,27,28)/t12-,17+,19+,20+,24+/m0/s1. The van der Waals surface area contributed by atoms with Gasteiger partial charge in [-0.25, -0.2) is 15.0 Å². The van der Waals surface area contributed by atoms with E-state index in [1.54, 1.807) is 16.8 Å². The predicted molar refractivity (Wildman–Crippen MR) is 127 cm³/mol. The van der Waals surface area contributed by atoms with Gasteiger partial charge in [0.25, 0.3) is 0 Å². The molecule has 2 aliphatic heterocycles. The van der Waals surface area contributed by atoms with Crippen molar-refractivity contribution in [3.63, 3.8) is 0 Å². The highest BCUT2D eigenvalue weighted by atomic mass is 16.6. The summed E-state index contributed by atoms with van der Waals surface area (Å²) in [6.45, 7) is 2.74. The third kappa shape index (κ3) is 3.51. The molecule has 1 fully saturated rings. The van der Waals surface area contributed by atoms with Gasteiger partial charge in [0.15, 0.2) is 17.8 Å². The molecule has 0 amide bonds. The average molecular weight is 463 g/mol. The minimum atomic E-state index is -1.09. The molecule has 1 aromatic carbocycles. The van der Waals surface area contributed by atoms with Crippen LogP contribution >= 0.6 is 0 Å². The van der Waals surface area contributed by atoms with E-state index in [4.69, 9.17) is 20.2 Å². The van der Waals surface area contributed by atoms with E-state index in [1.165, 1.54) is 6.33 Å². The maximum atomic E-state index is 10.7. The molecule has 10 nitrogen and oxygen atoms in total. The van der Waals surface area contributed by atoms with Gasteiger partial charge in [-0.1, -0.05) is 12.1 Å². The molecule has 5 N–H and O–H groups in total. The van der Waals surface area contributed by atoms with Crippen molar-refractivity contribution in [2.45, 2.75) is 50.4 Å². The number of nitrogens with two attached hydrogens (primary N) is 1. The lowest BCUT2D eigenvalue weighted by molar-refractivity contribution is -0.0364. The first-order valence-electron chi connectivity index (χ1n) is 11.4. The lowest BCUT2D eigenvalue weighted by atomic mass is 10.0. The number of aliphatic hydroxyl groups excluding tert-OH is 2. The minimum absolute atomic E-state index is 0.109. The number of aryl methyl sites for hydroxylation is 1. The number of hydrogen-bond donors (Lipinski definition) is 4. The summed E-state index contributed by atoms with van der Waals surface area (Å²) < 4.78 is 13.7.